The lowest BCUT2D eigenvalue weighted by Crippen LogP contribution is -2.38. The van der Waals surface area contributed by atoms with Crippen molar-refractivity contribution in [3.05, 3.63) is 71.0 Å². The van der Waals surface area contributed by atoms with Crippen LogP contribution in [0.1, 0.15) is 34.8 Å². The maximum absolute atomic E-state index is 13.7. The van der Waals surface area contributed by atoms with Crippen LogP contribution in [-0.4, -0.2) is 23.9 Å². The molecule has 22 heavy (non-hydrogen) atoms. The number of aryl methyl sites for hydroxylation is 1. The van der Waals surface area contributed by atoms with Crippen molar-refractivity contribution in [2.24, 2.45) is 0 Å². The maximum Gasteiger partial charge on any atom is 0.253 e. The van der Waals surface area contributed by atoms with Gasteiger partial charge in [0.2, 0.25) is 0 Å². The van der Waals surface area contributed by atoms with E-state index in [0.29, 0.717) is 11.1 Å². The molecule has 0 aliphatic heterocycles. The van der Waals surface area contributed by atoms with E-state index in [0.717, 1.165) is 12.8 Å². The van der Waals surface area contributed by atoms with Gasteiger partial charge in [0.15, 0.2) is 0 Å². The molecule has 0 radical (unpaired) electrons. The van der Waals surface area contributed by atoms with E-state index in [4.69, 9.17) is 0 Å². The van der Waals surface area contributed by atoms with Crippen LogP contribution >= 0.6 is 0 Å². The Balaban J connectivity index is 2.14. The van der Waals surface area contributed by atoms with Gasteiger partial charge in [0, 0.05) is 18.7 Å². The summed E-state index contributed by atoms with van der Waals surface area (Å²) in [6, 6.07) is 14.9. The number of carbonyl (C=O) groups excluding carboxylic acids is 1. The topological polar surface area (TPSA) is 20.3 Å². The third kappa shape index (κ3) is 3.73. The van der Waals surface area contributed by atoms with E-state index in [2.05, 4.69) is 19.1 Å². The summed E-state index contributed by atoms with van der Waals surface area (Å²) in [6.07, 6.45) is 1.65. The molecule has 0 N–H and O–H groups in total. The second-order valence-electron chi connectivity index (χ2n) is 5.63. The summed E-state index contributed by atoms with van der Waals surface area (Å²) >= 11 is 0. The fraction of sp³-hybridized carbons (Fsp3) is 0.316. The van der Waals surface area contributed by atoms with Crippen molar-refractivity contribution < 1.29 is 9.18 Å². The highest BCUT2D eigenvalue weighted by molar-refractivity contribution is 5.94. The van der Waals surface area contributed by atoms with Gasteiger partial charge in [-0.2, -0.15) is 0 Å². The lowest BCUT2D eigenvalue weighted by molar-refractivity contribution is 0.0726. The Kier molecular flexibility index (Phi) is 5.31. The molecule has 116 valence electrons. The number of carbonyl (C=O) groups is 1. The lowest BCUT2D eigenvalue weighted by Gasteiger charge is -2.27. The van der Waals surface area contributed by atoms with Crippen molar-refractivity contribution in [2.75, 3.05) is 7.05 Å². The predicted octanol–water partition coefficient (Wildman–Crippen LogP) is 4.23. The van der Waals surface area contributed by atoms with Gasteiger partial charge in [0.1, 0.15) is 5.82 Å². The Labute approximate surface area is 131 Å². The minimum absolute atomic E-state index is 0.0965. The molecule has 0 aliphatic rings. The van der Waals surface area contributed by atoms with Crippen LogP contribution in [0.2, 0.25) is 0 Å². The summed E-state index contributed by atoms with van der Waals surface area (Å²) in [5, 5.41) is 0. The molecule has 2 aromatic carbocycles. The van der Waals surface area contributed by atoms with Crippen LogP contribution in [0.15, 0.2) is 48.5 Å². The first-order valence-corrected chi connectivity index (χ1v) is 7.60. The highest BCUT2D eigenvalue weighted by Crippen LogP contribution is 2.16. The van der Waals surface area contributed by atoms with Crippen LogP contribution in [0.3, 0.4) is 0 Å². The zero-order chi connectivity index (χ0) is 16.1. The summed E-state index contributed by atoms with van der Waals surface area (Å²) in [5.74, 6) is -0.475. The summed E-state index contributed by atoms with van der Waals surface area (Å²) in [4.78, 5) is 14.3. The van der Waals surface area contributed by atoms with Crippen molar-refractivity contribution in [1.82, 2.24) is 4.90 Å². The quantitative estimate of drug-likeness (QED) is 0.809. The molecule has 2 rings (SSSR count). The first-order valence-electron chi connectivity index (χ1n) is 7.60. The Morgan fingerprint density at radius 1 is 1.18 bits per heavy atom. The van der Waals surface area contributed by atoms with Gasteiger partial charge in [-0.05, 0) is 43.0 Å². The number of hydrogen-bond donors (Lipinski definition) is 0. The normalized spacial score (nSPS) is 12.0. The number of hydrogen-bond acceptors (Lipinski definition) is 1. The summed E-state index contributed by atoms with van der Waals surface area (Å²) < 4.78 is 13.7. The number of halogens is 1. The highest BCUT2D eigenvalue weighted by Gasteiger charge is 2.20. The van der Waals surface area contributed by atoms with E-state index in [1.807, 2.05) is 18.2 Å². The van der Waals surface area contributed by atoms with Crippen LogP contribution in [0.4, 0.5) is 4.39 Å². The zero-order valence-electron chi connectivity index (χ0n) is 13.3. The Morgan fingerprint density at radius 2 is 1.86 bits per heavy atom. The van der Waals surface area contributed by atoms with E-state index < -0.39 is 0 Å². The van der Waals surface area contributed by atoms with E-state index in [1.54, 1.807) is 31.0 Å². The fourth-order valence-electron chi connectivity index (χ4n) is 2.54. The van der Waals surface area contributed by atoms with Crippen molar-refractivity contribution in [1.29, 1.82) is 0 Å². The van der Waals surface area contributed by atoms with E-state index in [1.165, 1.54) is 11.6 Å². The van der Waals surface area contributed by atoms with Gasteiger partial charge in [-0.3, -0.25) is 4.79 Å². The molecule has 0 aromatic heterocycles. The van der Waals surface area contributed by atoms with E-state index in [-0.39, 0.29) is 17.8 Å². The monoisotopic (exact) mass is 299 g/mol. The van der Waals surface area contributed by atoms with Crippen molar-refractivity contribution in [3.63, 3.8) is 0 Å². The third-order valence-electron chi connectivity index (χ3n) is 4.07. The molecule has 1 atom stereocenters. The molecule has 0 bridgehead atoms. The molecule has 0 heterocycles. The fourth-order valence-corrected chi connectivity index (χ4v) is 2.54. The highest BCUT2D eigenvalue weighted by atomic mass is 19.1. The Hall–Kier alpha value is -2.16. The molecule has 0 spiro atoms. The number of amides is 1. The third-order valence-corrected chi connectivity index (χ3v) is 4.07. The van der Waals surface area contributed by atoms with Gasteiger partial charge in [-0.25, -0.2) is 4.39 Å². The summed E-state index contributed by atoms with van der Waals surface area (Å²) in [5.41, 5.74) is 2.15. The smallest absolute Gasteiger partial charge is 0.253 e. The molecule has 0 saturated heterocycles. The molecule has 0 fully saturated rings. The van der Waals surface area contributed by atoms with E-state index >= 15 is 0 Å². The Bertz CT molecular complexity index is 639. The van der Waals surface area contributed by atoms with Crippen LogP contribution in [0, 0.1) is 12.7 Å². The van der Waals surface area contributed by atoms with Gasteiger partial charge < -0.3 is 4.90 Å². The first-order chi connectivity index (χ1) is 10.5. The van der Waals surface area contributed by atoms with Crippen LogP contribution < -0.4 is 0 Å². The molecule has 2 aromatic rings. The molecule has 2 nitrogen and oxygen atoms in total. The van der Waals surface area contributed by atoms with Crippen molar-refractivity contribution in [3.8, 4) is 0 Å². The molecule has 0 aliphatic carbocycles. The first kappa shape index (κ1) is 16.2. The minimum atomic E-state index is -0.338. The van der Waals surface area contributed by atoms with Gasteiger partial charge in [0.25, 0.3) is 5.91 Å². The lowest BCUT2D eigenvalue weighted by atomic mass is 10.0. The van der Waals surface area contributed by atoms with Crippen LogP contribution in [0.5, 0.6) is 0 Å². The van der Waals surface area contributed by atoms with Crippen LogP contribution in [-0.2, 0) is 6.42 Å². The van der Waals surface area contributed by atoms with Gasteiger partial charge in [-0.15, -0.1) is 0 Å². The number of nitrogens with zero attached hydrogens (tertiary/aromatic N) is 1. The summed E-state index contributed by atoms with van der Waals surface area (Å²) in [6.45, 7) is 3.75. The average molecular weight is 299 g/mol. The van der Waals surface area contributed by atoms with E-state index in [9.17, 15) is 9.18 Å². The van der Waals surface area contributed by atoms with Crippen LogP contribution in [0.25, 0.3) is 0 Å². The maximum atomic E-state index is 13.7. The second kappa shape index (κ2) is 7.21. The SMILES string of the molecule is CC[C@@H](Cc1ccccc1)N(C)C(=O)c1ccc(C)c(F)c1. The molecule has 0 unspecified atom stereocenters. The van der Waals surface area contributed by atoms with Gasteiger partial charge in [-0.1, -0.05) is 43.3 Å². The minimum Gasteiger partial charge on any atom is -0.338 e. The Morgan fingerprint density at radius 3 is 2.45 bits per heavy atom. The molecule has 3 heteroatoms. The number of rotatable bonds is 5. The van der Waals surface area contributed by atoms with Gasteiger partial charge in [0.05, 0.1) is 0 Å². The predicted molar refractivity (Wildman–Crippen MR) is 87.5 cm³/mol. The van der Waals surface area contributed by atoms with Gasteiger partial charge >= 0.3 is 0 Å². The van der Waals surface area contributed by atoms with Crippen molar-refractivity contribution >= 4 is 5.91 Å². The molecular formula is C19H22FNO. The second-order valence-corrected chi connectivity index (χ2v) is 5.63. The largest absolute Gasteiger partial charge is 0.338 e. The average Bonchev–Trinajstić information content (AvgIpc) is 2.54. The number of likely N-dealkylation sites (N-methyl/N-ethyl adjacent to an activating group) is 1. The standard InChI is InChI=1S/C19H22FNO/c1-4-17(12-15-8-6-5-7-9-15)21(3)19(22)16-11-10-14(2)18(20)13-16/h5-11,13,17H,4,12H2,1-3H3/t17-/m0/s1. The molecule has 0 saturated carbocycles. The summed E-state index contributed by atoms with van der Waals surface area (Å²) in [7, 11) is 1.79. The van der Waals surface area contributed by atoms with Crippen molar-refractivity contribution in [2.45, 2.75) is 32.7 Å². The zero-order valence-corrected chi connectivity index (χ0v) is 13.3. The molecule has 1 amide bonds. The number of benzene rings is 2. The molecular weight excluding hydrogens is 277 g/mol.